The maximum Gasteiger partial charge on any atom is 0.303 e. The van der Waals surface area contributed by atoms with Crippen molar-refractivity contribution in [1.82, 2.24) is 9.03 Å². The van der Waals surface area contributed by atoms with E-state index >= 15 is 0 Å². The van der Waals surface area contributed by atoms with Gasteiger partial charge in [-0.05, 0) is 48.5 Å². The molecule has 1 amide bonds. The molecule has 156 valence electrons. The summed E-state index contributed by atoms with van der Waals surface area (Å²) >= 11 is 6.17. The lowest BCUT2D eigenvalue weighted by Crippen LogP contribution is -2.53. The van der Waals surface area contributed by atoms with E-state index in [-0.39, 0.29) is 10.8 Å². The van der Waals surface area contributed by atoms with Crippen LogP contribution in [0, 0.1) is 29.0 Å². The number of amides is 1. The molecule has 28 heavy (non-hydrogen) atoms. The van der Waals surface area contributed by atoms with E-state index in [9.17, 15) is 17.6 Å². The Balaban J connectivity index is 1.69. The molecule has 3 fully saturated rings. The number of fused-ring (bicyclic) bond motifs is 2. The van der Waals surface area contributed by atoms with Crippen LogP contribution >= 0.6 is 11.6 Å². The molecule has 4 rings (SSSR count). The molecule has 1 aromatic rings. The normalized spacial score (nSPS) is 25.9. The minimum atomic E-state index is -4.03. The van der Waals surface area contributed by atoms with Crippen LogP contribution in [0.5, 0.6) is 5.75 Å². The van der Waals surface area contributed by atoms with Gasteiger partial charge in [0.1, 0.15) is 11.6 Å². The van der Waals surface area contributed by atoms with Gasteiger partial charge in [-0.3, -0.25) is 4.79 Å². The summed E-state index contributed by atoms with van der Waals surface area (Å²) in [4.78, 5) is 12.1. The first kappa shape index (κ1) is 21.3. The van der Waals surface area contributed by atoms with Gasteiger partial charge in [0.15, 0.2) is 0 Å². The number of nitrogens with one attached hydrogen (secondary N) is 1. The largest absolute Gasteiger partial charge is 0.492 e. The maximum atomic E-state index is 14.4. The average Bonchev–Trinajstić information content (AvgIpc) is 2.61. The summed E-state index contributed by atoms with van der Waals surface area (Å²) in [5.41, 5.74) is -0.135. The number of hydrogen-bond acceptors (Lipinski definition) is 4. The monoisotopic (exact) mass is 432 g/mol. The third-order valence-corrected chi connectivity index (χ3v) is 8.12. The van der Waals surface area contributed by atoms with E-state index in [2.05, 4.69) is 13.8 Å². The van der Waals surface area contributed by atoms with Crippen molar-refractivity contribution in [2.45, 2.75) is 33.1 Å². The average molecular weight is 433 g/mol. The summed E-state index contributed by atoms with van der Waals surface area (Å²) in [5.74, 6) is -0.0484. The Labute approximate surface area is 170 Å². The molecular weight excluding hydrogens is 407 g/mol. The molecule has 0 aliphatic heterocycles. The second-order valence-corrected chi connectivity index (χ2v) is 10.8. The Morgan fingerprint density at radius 3 is 2.61 bits per heavy atom. The fraction of sp³-hybridized carbons (Fsp3) is 0.632. The standard InChI is InChI=1S/C19H26ClFN2O4S/c1-19(2)12-6-5-11(14(19)7-12)10-27-17-9-16(21)13(8-15(17)20)18(24)22-28(25,26)23(3)4/h8-9,11-12,14H,5-7,10H2,1-4H3,(H,22,24)/t11-,12+,14-/m1/s1. The number of carbonyl (C=O) groups excluding carboxylic acids is 1. The molecule has 3 atom stereocenters. The SMILES string of the molecule is CN(C)S(=O)(=O)NC(=O)c1cc(Cl)c(OC[C@H]2CC[C@H]3C[C@H]2C3(C)C)cc1F. The molecule has 0 spiro atoms. The molecular formula is C19H26ClFN2O4S. The van der Waals surface area contributed by atoms with Crippen molar-refractivity contribution in [2.24, 2.45) is 23.2 Å². The molecule has 3 aliphatic rings. The van der Waals surface area contributed by atoms with Gasteiger partial charge in [0.2, 0.25) is 0 Å². The van der Waals surface area contributed by atoms with Crippen molar-refractivity contribution in [3.05, 3.63) is 28.5 Å². The summed E-state index contributed by atoms with van der Waals surface area (Å²) in [6, 6.07) is 2.13. The highest BCUT2D eigenvalue weighted by Gasteiger charge is 2.54. The lowest BCUT2D eigenvalue weighted by Gasteiger charge is -2.60. The van der Waals surface area contributed by atoms with Crippen molar-refractivity contribution in [1.29, 1.82) is 0 Å². The molecule has 6 nitrogen and oxygen atoms in total. The van der Waals surface area contributed by atoms with Crippen molar-refractivity contribution in [2.75, 3.05) is 20.7 Å². The molecule has 1 N–H and O–H groups in total. The zero-order chi connectivity index (χ0) is 20.9. The van der Waals surface area contributed by atoms with Crippen LogP contribution in [0.4, 0.5) is 4.39 Å². The third kappa shape index (κ3) is 3.86. The minimum absolute atomic E-state index is 0.0651. The van der Waals surface area contributed by atoms with Gasteiger partial charge in [0.25, 0.3) is 5.91 Å². The van der Waals surface area contributed by atoms with E-state index in [1.54, 1.807) is 4.72 Å². The molecule has 1 aromatic carbocycles. The Morgan fingerprint density at radius 2 is 2.04 bits per heavy atom. The van der Waals surface area contributed by atoms with E-state index in [4.69, 9.17) is 16.3 Å². The third-order valence-electron chi connectivity index (χ3n) is 6.42. The molecule has 0 heterocycles. The topological polar surface area (TPSA) is 75.7 Å². The van der Waals surface area contributed by atoms with Crippen molar-refractivity contribution in [3.8, 4) is 5.75 Å². The Hall–Kier alpha value is -1.38. The van der Waals surface area contributed by atoms with Crippen LogP contribution in [0.2, 0.25) is 5.02 Å². The summed E-state index contributed by atoms with van der Waals surface area (Å²) in [7, 11) is -1.52. The maximum absolute atomic E-state index is 14.4. The minimum Gasteiger partial charge on any atom is -0.492 e. The number of rotatable bonds is 6. The van der Waals surface area contributed by atoms with E-state index in [0.717, 1.165) is 28.8 Å². The van der Waals surface area contributed by atoms with E-state index in [1.165, 1.54) is 26.9 Å². The highest BCUT2D eigenvalue weighted by atomic mass is 35.5. The van der Waals surface area contributed by atoms with Crippen LogP contribution in [-0.2, 0) is 10.2 Å². The second kappa shape index (κ2) is 7.46. The summed E-state index contributed by atoms with van der Waals surface area (Å²) < 4.78 is 46.3. The Morgan fingerprint density at radius 1 is 1.36 bits per heavy atom. The first-order chi connectivity index (χ1) is 12.9. The first-order valence-electron chi connectivity index (χ1n) is 9.30. The van der Waals surface area contributed by atoms with Crippen LogP contribution in [0.25, 0.3) is 0 Å². The second-order valence-electron chi connectivity index (χ2n) is 8.49. The fourth-order valence-electron chi connectivity index (χ4n) is 4.44. The quantitative estimate of drug-likeness (QED) is 0.746. The van der Waals surface area contributed by atoms with Gasteiger partial charge in [-0.15, -0.1) is 0 Å². The van der Waals surface area contributed by atoms with Gasteiger partial charge in [0, 0.05) is 20.2 Å². The van der Waals surface area contributed by atoms with Crippen LogP contribution < -0.4 is 9.46 Å². The molecule has 0 radical (unpaired) electrons. The predicted molar refractivity (Wildman–Crippen MR) is 105 cm³/mol. The molecule has 0 saturated heterocycles. The van der Waals surface area contributed by atoms with Crippen molar-refractivity contribution >= 4 is 27.7 Å². The number of benzene rings is 1. The smallest absolute Gasteiger partial charge is 0.303 e. The van der Waals surface area contributed by atoms with Crippen molar-refractivity contribution in [3.63, 3.8) is 0 Å². The van der Waals surface area contributed by atoms with Gasteiger partial charge in [-0.2, -0.15) is 12.7 Å². The molecule has 2 bridgehead atoms. The number of halogens is 2. The van der Waals surface area contributed by atoms with Crippen LogP contribution in [-0.4, -0.2) is 39.3 Å². The lowest BCUT2D eigenvalue weighted by atomic mass is 9.46. The van der Waals surface area contributed by atoms with Crippen LogP contribution in [0.1, 0.15) is 43.5 Å². The van der Waals surface area contributed by atoms with Crippen LogP contribution in [0.15, 0.2) is 12.1 Å². The Kier molecular flexibility index (Phi) is 5.68. The van der Waals surface area contributed by atoms with E-state index < -0.39 is 27.5 Å². The van der Waals surface area contributed by atoms with Crippen molar-refractivity contribution < 1.29 is 22.3 Å². The summed E-state index contributed by atoms with van der Waals surface area (Å²) in [6.07, 6.45) is 3.48. The van der Waals surface area contributed by atoms with Gasteiger partial charge < -0.3 is 4.74 Å². The number of nitrogens with zero attached hydrogens (tertiary/aromatic N) is 1. The first-order valence-corrected chi connectivity index (χ1v) is 11.1. The zero-order valence-corrected chi connectivity index (χ0v) is 18.0. The highest BCUT2D eigenvalue weighted by Crippen LogP contribution is 2.61. The lowest BCUT2D eigenvalue weighted by molar-refractivity contribution is -0.114. The Bertz CT molecular complexity index is 886. The number of hydrogen-bond donors (Lipinski definition) is 1. The van der Waals surface area contributed by atoms with Gasteiger partial charge in [-0.25, -0.2) is 9.11 Å². The van der Waals surface area contributed by atoms with Crippen LogP contribution in [0.3, 0.4) is 0 Å². The van der Waals surface area contributed by atoms with E-state index in [1.807, 2.05) is 0 Å². The highest BCUT2D eigenvalue weighted by molar-refractivity contribution is 7.87. The van der Waals surface area contributed by atoms with Gasteiger partial charge >= 0.3 is 10.2 Å². The molecule has 3 aliphatic carbocycles. The summed E-state index contributed by atoms with van der Waals surface area (Å²) in [5, 5.41) is 0.0651. The van der Waals surface area contributed by atoms with Gasteiger partial charge in [0.05, 0.1) is 17.2 Å². The predicted octanol–water partition coefficient (Wildman–Crippen LogP) is 3.47. The zero-order valence-electron chi connectivity index (χ0n) is 16.5. The molecule has 0 aromatic heterocycles. The number of carbonyl (C=O) groups is 1. The fourth-order valence-corrected chi connectivity index (χ4v) is 5.18. The number of ether oxygens (including phenoxy) is 1. The molecule has 3 saturated carbocycles. The summed E-state index contributed by atoms with van der Waals surface area (Å²) in [6.45, 7) is 5.03. The molecule has 9 heteroatoms. The molecule has 0 unspecified atom stereocenters. The van der Waals surface area contributed by atoms with E-state index in [0.29, 0.717) is 23.9 Å². The van der Waals surface area contributed by atoms with Gasteiger partial charge in [-0.1, -0.05) is 25.4 Å².